The monoisotopic (exact) mass is 269 g/mol. The van der Waals surface area contributed by atoms with Crippen molar-refractivity contribution in [2.24, 2.45) is 5.73 Å². The molecule has 2 aromatic rings. The molecular weight excluding hydrogens is 250 g/mol. The van der Waals surface area contributed by atoms with E-state index in [9.17, 15) is 0 Å². The summed E-state index contributed by atoms with van der Waals surface area (Å²) in [4.78, 5) is 0. The Labute approximate surface area is 119 Å². The molecule has 0 amide bonds. The van der Waals surface area contributed by atoms with E-state index in [0.717, 1.165) is 29.9 Å². The summed E-state index contributed by atoms with van der Waals surface area (Å²) in [5.41, 5.74) is 9.75. The quantitative estimate of drug-likeness (QED) is 0.927. The van der Waals surface area contributed by atoms with Gasteiger partial charge in [0.1, 0.15) is 18.1 Å². The van der Waals surface area contributed by atoms with Crippen molar-refractivity contribution >= 4 is 0 Å². The molecule has 0 heterocycles. The van der Waals surface area contributed by atoms with Crippen molar-refractivity contribution in [2.75, 3.05) is 7.11 Å². The molecule has 3 rings (SSSR count). The number of hydrogen-bond acceptors (Lipinski definition) is 3. The highest BCUT2D eigenvalue weighted by Crippen LogP contribution is 2.32. The van der Waals surface area contributed by atoms with Gasteiger partial charge in [-0.1, -0.05) is 18.2 Å². The fourth-order valence-electron chi connectivity index (χ4n) is 2.61. The normalized spacial score (nSPS) is 16.8. The number of fused-ring (bicyclic) bond motifs is 1. The molecule has 1 atom stereocenters. The number of ether oxygens (including phenoxy) is 2. The van der Waals surface area contributed by atoms with Gasteiger partial charge in [-0.15, -0.1) is 0 Å². The van der Waals surface area contributed by atoms with Gasteiger partial charge in [0.15, 0.2) is 0 Å². The van der Waals surface area contributed by atoms with Crippen LogP contribution in [-0.2, 0) is 13.0 Å². The van der Waals surface area contributed by atoms with E-state index in [4.69, 9.17) is 15.2 Å². The maximum Gasteiger partial charge on any atom is 0.120 e. The molecule has 104 valence electrons. The van der Waals surface area contributed by atoms with Gasteiger partial charge in [-0.05, 0) is 53.8 Å². The number of nitrogens with two attached hydrogens (primary N) is 1. The van der Waals surface area contributed by atoms with Crippen molar-refractivity contribution in [3.63, 3.8) is 0 Å². The van der Waals surface area contributed by atoms with E-state index in [0.29, 0.717) is 6.61 Å². The van der Waals surface area contributed by atoms with Crippen molar-refractivity contribution in [1.29, 1.82) is 0 Å². The first-order chi connectivity index (χ1) is 9.76. The number of aryl methyl sites for hydroxylation is 1. The largest absolute Gasteiger partial charge is 0.497 e. The maximum atomic E-state index is 6.04. The standard InChI is InChI=1S/C17H19NO2/c1-19-14-5-2-12(3-6-14)11-20-15-7-8-16-13(10-15)4-9-17(16)18/h2-3,5-8,10,17H,4,9,11,18H2,1H3. The van der Waals surface area contributed by atoms with Crippen molar-refractivity contribution in [2.45, 2.75) is 25.5 Å². The van der Waals surface area contributed by atoms with Crippen LogP contribution >= 0.6 is 0 Å². The molecule has 2 N–H and O–H groups in total. The average Bonchev–Trinajstić information content (AvgIpc) is 2.87. The molecule has 0 radical (unpaired) electrons. The molecule has 2 aromatic carbocycles. The third-order valence-corrected chi connectivity index (χ3v) is 3.80. The minimum atomic E-state index is 0.195. The highest BCUT2D eigenvalue weighted by atomic mass is 16.5. The van der Waals surface area contributed by atoms with Crippen LogP contribution < -0.4 is 15.2 Å². The third-order valence-electron chi connectivity index (χ3n) is 3.80. The Morgan fingerprint density at radius 1 is 1.10 bits per heavy atom. The number of hydrogen-bond donors (Lipinski definition) is 1. The van der Waals surface area contributed by atoms with Gasteiger partial charge >= 0.3 is 0 Å². The summed E-state index contributed by atoms with van der Waals surface area (Å²) in [6.07, 6.45) is 2.09. The zero-order chi connectivity index (χ0) is 13.9. The van der Waals surface area contributed by atoms with Gasteiger partial charge in [0.2, 0.25) is 0 Å². The van der Waals surface area contributed by atoms with Gasteiger partial charge in [-0.2, -0.15) is 0 Å². The molecule has 1 aliphatic carbocycles. The summed E-state index contributed by atoms with van der Waals surface area (Å²) in [5.74, 6) is 1.77. The second kappa shape index (κ2) is 5.55. The van der Waals surface area contributed by atoms with Crippen LogP contribution in [0.1, 0.15) is 29.2 Å². The van der Waals surface area contributed by atoms with Crippen LogP contribution in [-0.4, -0.2) is 7.11 Å². The molecule has 20 heavy (non-hydrogen) atoms. The van der Waals surface area contributed by atoms with Gasteiger partial charge in [-0.25, -0.2) is 0 Å². The Hall–Kier alpha value is -2.00. The molecule has 1 aliphatic rings. The Kier molecular flexibility index (Phi) is 3.61. The van der Waals surface area contributed by atoms with E-state index in [-0.39, 0.29) is 6.04 Å². The van der Waals surface area contributed by atoms with E-state index < -0.39 is 0 Å². The SMILES string of the molecule is COc1ccc(COc2ccc3c(c2)CCC3N)cc1. The van der Waals surface area contributed by atoms with Crippen molar-refractivity contribution in [3.8, 4) is 11.5 Å². The Bertz CT molecular complexity index is 592. The first-order valence-electron chi connectivity index (χ1n) is 6.90. The predicted octanol–water partition coefficient (Wildman–Crippen LogP) is 3.22. The number of rotatable bonds is 4. The fourth-order valence-corrected chi connectivity index (χ4v) is 2.61. The average molecular weight is 269 g/mol. The zero-order valence-corrected chi connectivity index (χ0v) is 11.6. The topological polar surface area (TPSA) is 44.5 Å². The Morgan fingerprint density at radius 3 is 2.60 bits per heavy atom. The Balaban J connectivity index is 1.66. The molecule has 0 fully saturated rings. The van der Waals surface area contributed by atoms with Crippen molar-refractivity contribution in [1.82, 2.24) is 0 Å². The van der Waals surface area contributed by atoms with Gasteiger partial charge in [0.25, 0.3) is 0 Å². The van der Waals surface area contributed by atoms with Crippen LogP contribution in [0.3, 0.4) is 0 Å². The second-order valence-corrected chi connectivity index (χ2v) is 5.14. The molecule has 0 aliphatic heterocycles. The lowest BCUT2D eigenvalue weighted by Gasteiger charge is -2.10. The van der Waals surface area contributed by atoms with Gasteiger partial charge in [0.05, 0.1) is 7.11 Å². The van der Waals surface area contributed by atoms with E-state index >= 15 is 0 Å². The summed E-state index contributed by atoms with van der Waals surface area (Å²) in [5, 5.41) is 0. The molecule has 0 aromatic heterocycles. The summed E-state index contributed by atoms with van der Waals surface area (Å²) in [7, 11) is 1.67. The summed E-state index contributed by atoms with van der Waals surface area (Å²) in [6.45, 7) is 0.564. The van der Waals surface area contributed by atoms with Gasteiger partial charge in [0, 0.05) is 6.04 Å². The lowest BCUT2D eigenvalue weighted by Crippen LogP contribution is -2.05. The van der Waals surface area contributed by atoms with Crippen LogP contribution in [0.2, 0.25) is 0 Å². The van der Waals surface area contributed by atoms with Gasteiger partial charge < -0.3 is 15.2 Å². The summed E-state index contributed by atoms with van der Waals surface area (Å²) in [6, 6.07) is 14.3. The summed E-state index contributed by atoms with van der Waals surface area (Å²) < 4.78 is 11.0. The minimum Gasteiger partial charge on any atom is -0.497 e. The van der Waals surface area contributed by atoms with Crippen LogP contribution in [0.5, 0.6) is 11.5 Å². The molecule has 3 heteroatoms. The minimum absolute atomic E-state index is 0.195. The first-order valence-corrected chi connectivity index (χ1v) is 6.90. The molecular formula is C17H19NO2. The van der Waals surface area contributed by atoms with E-state index in [1.165, 1.54) is 11.1 Å². The zero-order valence-electron chi connectivity index (χ0n) is 11.6. The third kappa shape index (κ3) is 2.63. The molecule has 0 saturated carbocycles. The molecule has 1 unspecified atom stereocenters. The van der Waals surface area contributed by atoms with Gasteiger partial charge in [-0.3, -0.25) is 0 Å². The molecule has 3 nitrogen and oxygen atoms in total. The highest BCUT2D eigenvalue weighted by molar-refractivity contribution is 5.40. The first kappa shape index (κ1) is 13.0. The highest BCUT2D eigenvalue weighted by Gasteiger charge is 2.18. The van der Waals surface area contributed by atoms with Crippen molar-refractivity contribution < 1.29 is 9.47 Å². The van der Waals surface area contributed by atoms with Crippen molar-refractivity contribution in [3.05, 3.63) is 59.2 Å². The number of methoxy groups -OCH3 is 1. The number of benzene rings is 2. The van der Waals surface area contributed by atoms with E-state index in [1.807, 2.05) is 30.3 Å². The van der Waals surface area contributed by atoms with Crippen LogP contribution in [0.15, 0.2) is 42.5 Å². The van der Waals surface area contributed by atoms with E-state index in [2.05, 4.69) is 12.1 Å². The second-order valence-electron chi connectivity index (χ2n) is 5.14. The lowest BCUT2D eigenvalue weighted by molar-refractivity contribution is 0.305. The lowest BCUT2D eigenvalue weighted by atomic mass is 10.1. The van der Waals surface area contributed by atoms with Crippen LogP contribution in [0.25, 0.3) is 0 Å². The van der Waals surface area contributed by atoms with E-state index in [1.54, 1.807) is 7.11 Å². The maximum absolute atomic E-state index is 6.04. The van der Waals surface area contributed by atoms with Crippen LogP contribution in [0, 0.1) is 0 Å². The fraction of sp³-hybridized carbons (Fsp3) is 0.294. The molecule has 0 bridgehead atoms. The smallest absolute Gasteiger partial charge is 0.120 e. The molecule has 0 saturated heterocycles. The molecule has 0 spiro atoms. The summed E-state index contributed by atoms with van der Waals surface area (Å²) >= 11 is 0. The Morgan fingerprint density at radius 2 is 1.85 bits per heavy atom. The predicted molar refractivity (Wildman–Crippen MR) is 79.0 cm³/mol. The van der Waals surface area contributed by atoms with Crippen LogP contribution in [0.4, 0.5) is 0 Å².